The van der Waals surface area contributed by atoms with Crippen LogP contribution in [-0.2, 0) is 16.0 Å². The van der Waals surface area contributed by atoms with E-state index in [1.54, 1.807) is 6.20 Å². The highest BCUT2D eigenvalue weighted by molar-refractivity contribution is 5.89. The average Bonchev–Trinajstić information content (AvgIpc) is 3.21. The van der Waals surface area contributed by atoms with E-state index in [0.717, 1.165) is 44.8 Å². The van der Waals surface area contributed by atoms with Crippen molar-refractivity contribution in [3.05, 3.63) is 59.9 Å². The Kier molecular flexibility index (Phi) is 7.94. The van der Waals surface area contributed by atoms with Crippen molar-refractivity contribution >= 4 is 17.8 Å². The Hall–Kier alpha value is -3.46. The van der Waals surface area contributed by atoms with Gasteiger partial charge in [-0.3, -0.25) is 4.98 Å². The van der Waals surface area contributed by atoms with Crippen LogP contribution in [-0.4, -0.2) is 64.9 Å². The molecule has 1 atom stereocenters. The van der Waals surface area contributed by atoms with E-state index in [1.807, 2.05) is 6.20 Å². The van der Waals surface area contributed by atoms with Gasteiger partial charge in [-0.05, 0) is 24.0 Å². The van der Waals surface area contributed by atoms with Crippen molar-refractivity contribution in [1.82, 2.24) is 15.3 Å². The number of aliphatic carboxylic acids is 2. The SMILES string of the molecule is O=C(O)/C=C\C(=O)O.c1ccc2c(c1)CCC2COc1cncc(N2CCNCC2)n1. The number of carboxylic acids is 2. The topological polar surface area (TPSA) is 125 Å². The van der Waals surface area contributed by atoms with Gasteiger partial charge in [-0.25, -0.2) is 9.59 Å². The van der Waals surface area contributed by atoms with E-state index in [9.17, 15) is 9.59 Å². The van der Waals surface area contributed by atoms with Gasteiger partial charge < -0.3 is 25.2 Å². The number of piperazine rings is 1. The first-order valence-corrected chi connectivity index (χ1v) is 10.1. The fraction of sp³-hybridized carbons (Fsp3) is 0.364. The molecular weight excluding hydrogens is 400 g/mol. The lowest BCUT2D eigenvalue weighted by atomic mass is 10.0. The van der Waals surface area contributed by atoms with Gasteiger partial charge in [0.2, 0.25) is 5.88 Å². The number of hydrogen-bond donors (Lipinski definition) is 3. The second-order valence-electron chi connectivity index (χ2n) is 7.21. The summed E-state index contributed by atoms with van der Waals surface area (Å²) < 4.78 is 5.96. The molecular formula is C22H26N4O5. The van der Waals surface area contributed by atoms with Crippen LogP contribution in [0.1, 0.15) is 23.5 Å². The standard InChI is InChI=1S/C18H22N4O.C4H4O4/c1-2-4-16-14(3-1)5-6-15(16)13-23-18-12-20-11-17(21-18)22-9-7-19-8-10-22;5-3(6)1-2-4(7)8/h1-4,11-12,15,19H,5-10,13H2;1-2H,(H,5,6)(H,7,8)/b;2-1-. The molecule has 9 heteroatoms. The van der Waals surface area contributed by atoms with Crippen LogP contribution in [0.25, 0.3) is 0 Å². The van der Waals surface area contributed by atoms with E-state index in [0.29, 0.717) is 30.6 Å². The Labute approximate surface area is 180 Å². The lowest BCUT2D eigenvalue weighted by molar-refractivity contribution is -0.134. The lowest BCUT2D eigenvalue weighted by Gasteiger charge is -2.28. The van der Waals surface area contributed by atoms with Crippen molar-refractivity contribution in [1.29, 1.82) is 0 Å². The van der Waals surface area contributed by atoms with Gasteiger partial charge in [-0.15, -0.1) is 0 Å². The fourth-order valence-electron chi connectivity index (χ4n) is 3.60. The zero-order chi connectivity index (χ0) is 22.1. The molecule has 1 aromatic heterocycles. The summed E-state index contributed by atoms with van der Waals surface area (Å²) >= 11 is 0. The zero-order valence-corrected chi connectivity index (χ0v) is 17.1. The average molecular weight is 426 g/mol. The van der Waals surface area contributed by atoms with Gasteiger partial charge in [0.1, 0.15) is 0 Å². The summed E-state index contributed by atoms with van der Waals surface area (Å²) in [6, 6.07) is 8.67. The van der Waals surface area contributed by atoms with Crippen molar-refractivity contribution in [2.24, 2.45) is 0 Å². The van der Waals surface area contributed by atoms with Crippen LogP contribution in [0.15, 0.2) is 48.8 Å². The molecule has 0 amide bonds. The molecule has 1 aliphatic carbocycles. The second kappa shape index (κ2) is 11.1. The Bertz CT molecular complexity index is 912. The maximum absolute atomic E-state index is 9.55. The molecule has 31 heavy (non-hydrogen) atoms. The van der Waals surface area contributed by atoms with Gasteiger partial charge in [0.25, 0.3) is 0 Å². The molecule has 1 aliphatic heterocycles. The number of rotatable bonds is 6. The number of fused-ring (bicyclic) bond motifs is 1. The predicted molar refractivity (Wildman–Crippen MR) is 115 cm³/mol. The summed E-state index contributed by atoms with van der Waals surface area (Å²) in [5, 5.41) is 19.0. The predicted octanol–water partition coefficient (Wildman–Crippen LogP) is 1.71. The molecule has 2 aliphatic rings. The van der Waals surface area contributed by atoms with Crippen molar-refractivity contribution in [3.63, 3.8) is 0 Å². The summed E-state index contributed by atoms with van der Waals surface area (Å²) in [6.07, 6.45) is 6.96. The van der Waals surface area contributed by atoms with Gasteiger partial charge in [0.15, 0.2) is 5.82 Å². The third kappa shape index (κ3) is 6.78. The molecule has 0 radical (unpaired) electrons. The minimum atomic E-state index is -1.26. The Balaban J connectivity index is 0.000000293. The number of ether oxygens (including phenoxy) is 1. The summed E-state index contributed by atoms with van der Waals surface area (Å²) in [6.45, 7) is 4.59. The van der Waals surface area contributed by atoms with Crippen LogP contribution >= 0.6 is 0 Å². The highest BCUT2D eigenvalue weighted by atomic mass is 16.5. The Morgan fingerprint density at radius 3 is 2.55 bits per heavy atom. The third-order valence-corrected chi connectivity index (χ3v) is 5.10. The van der Waals surface area contributed by atoms with Crippen molar-refractivity contribution in [3.8, 4) is 5.88 Å². The number of hydrogen-bond acceptors (Lipinski definition) is 7. The molecule has 1 aromatic carbocycles. The molecule has 3 N–H and O–H groups in total. The number of carbonyl (C=O) groups is 2. The van der Waals surface area contributed by atoms with E-state index in [2.05, 4.69) is 44.5 Å². The normalized spacial score (nSPS) is 17.5. The van der Waals surface area contributed by atoms with Crippen molar-refractivity contribution in [2.45, 2.75) is 18.8 Å². The molecule has 9 nitrogen and oxygen atoms in total. The van der Waals surface area contributed by atoms with Crippen LogP contribution in [0.4, 0.5) is 5.82 Å². The second-order valence-corrected chi connectivity index (χ2v) is 7.21. The summed E-state index contributed by atoms with van der Waals surface area (Å²) in [5.41, 5.74) is 2.89. The maximum atomic E-state index is 9.55. The first kappa shape index (κ1) is 22.2. The van der Waals surface area contributed by atoms with Crippen LogP contribution in [0.5, 0.6) is 5.88 Å². The highest BCUT2D eigenvalue weighted by Crippen LogP contribution is 2.33. The number of nitrogens with one attached hydrogen (secondary N) is 1. The van der Waals surface area contributed by atoms with E-state index < -0.39 is 11.9 Å². The number of carboxylic acid groups (broad SMARTS) is 2. The number of aryl methyl sites for hydroxylation is 1. The van der Waals surface area contributed by atoms with Gasteiger partial charge in [-0.1, -0.05) is 24.3 Å². The summed E-state index contributed by atoms with van der Waals surface area (Å²) in [5.74, 6) is -0.503. The van der Waals surface area contributed by atoms with Crippen LogP contribution < -0.4 is 15.0 Å². The van der Waals surface area contributed by atoms with Crippen LogP contribution in [0, 0.1) is 0 Å². The largest absolute Gasteiger partial charge is 0.478 e. The Morgan fingerprint density at radius 1 is 1.13 bits per heavy atom. The van der Waals surface area contributed by atoms with E-state index in [4.69, 9.17) is 14.9 Å². The first-order valence-electron chi connectivity index (χ1n) is 10.1. The molecule has 1 fully saturated rings. The van der Waals surface area contributed by atoms with E-state index >= 15 is 0 Å². The quantitative estimate of drug-likeness (QED) is 0.592. The summed E-state index contributed by atoms with van der Waals surface area (Å²) in [4.78, 5) is 30.3. The van der Waals surface area contributed by atoms with Gasteiger partial charge in [0, 0.05) is 44.2 Å². The molecule has 1 unspecified atom stereocenters. The first-order chi connectivity index (χ1) is 15.0. The van der Waals surface area contributed by atoms with Gasteiger partial charge in [0.05, 0.1) is 19.0 Å². The fourth-order valence-corrected chi connectivity index (χ4v) is 3.60. The smallest absolute Gasteiger partial charge is 0.328 e. The van der Waals surface area contributed by atoms with E-state index in [1.165, 1.54) is 11.1 Å². The maximum Gasteiger partial charge on any atom is 0.328 e. The summed E-state index contributed by atoms with van der Waals surface area (Å²) in [7, 11) is 0. The molecule has 4 rings (SSSR count). The van der Waals surface area contributed by atoms with E-state index in [-0.39, 0.29) is 0 Å². The Morgan fingerprint density at radius 2 is 1.84 bits per heavy atom. The number of nitrogens with zero attached hydrogens (tertiary/aromatic N) is 3. The number of aromatic nitrogens is 2. The number of benzene rings is 1. The number of anilines is 1. The highest BCUT2D eigenvalue weighted by Gasteiger charge is 2.22. The third-order valence-electron chi connectivity index (χ3n) is 5.10. The van der Waals surface area contributed by atoms with Crippen molar-refractivity contribution in [2.75, 3.05) is 37.7 Å². The van der Waals surface area contributed by atoms with Crippen LogP contribution in [0.3, 0.4) is 0 Å². The minimum Gasteiger partial charge on any atom is -0.478 e. The molecule has 0 spiro atoms. The molecule has 0 saturated carbocycles. The van der Waals surface area contributed by atoms with Crippen molar-refractivity contribution < 1.29 is 24.5 Å². The van der Waals surface area contributed by atoms with Gasteiger partial charge in [-0.2, -0.15) is 4.98 Å². The molecule has 164 valence electrons. The zero-order valence-electron chi connectivity index (χ0n) is 17.1. The van der Waals surface area contributed by atoms with Gasteiger partial charge >= 0.3 is 11.9 Å². The molecule has 2 heterocycles. The molecule has 0 bridgehead atoms. The minimum absolute atomic E-state index is 0.468. The molecule has 1 saturated heterocycles. The lowest BCUT2D eigenvalue weighted by Crippen LogP contribution is -2.43. The molecule has 2 aromatic rings. The monoisotopic (exact) mass is 426 g/mol. The van der Waals surface area contributed by atoms with Crippen LogP contribution in [0.2, 0.25) is 0 Å².